The summed E-state index contributed by atoms with van der Waals surface area (Å²) < 4.78 is 0. The maximum absolute atomic E-state index is 2.37. The van der Waals surface area contributed by atoms with E-state index in [-0.39, 0.29) is 0 Å². The van der Waals surface area contributed by atoms with Crippen molar-refractivity contribution in [2.45, 2.75) is 49.4 Å². The first-order valence-corrected chi connectivity index (χ1v) is 8.63. The van der Waals surface area contributed by atoms with Crippen LogP contribution >= 0.6 is 0 Å². The zero-order valence-electron chi connectivity index (χ0n) is 7.04. The van der Waals surface area contributed by atoms with Gasteiger partial charge in [-0.3, -0.25) is 0 Å². The monoisotopic (exact) mass is 189 g/mol. The standard InChI is InChI=1S/C8H19Ge/c1-4-7-8-9(5-2)6-3/h4-8H2,1-3H3. The number of unbranched alkanes of at least 4 members (excludes halogenated alkanes) is 1. The fourth-order valence-corrected chi connectivity index (χ4v) is 5.35. The average molecular weight is 188 g/mol. The van der Waals surface area contributed by atoms with E-state index in [0.29, 0.717) is 0 Å². The molecule has 0 saturated carbocycles. The Balaban J connectivity index is 3.09. The Labute approximate surface area is 64.1 Å². The molecule has 0 aliphatic heterocycles. The van der Waals surface area contributed by atoms with E-state index in [1.165, 1.54) is 23.3 Å². The third-order valence-corrected chi connectivity index (χ3v) is 8.31. The van der Waals surface area contributed by atoms with Gasteiger partial charge in [0.25, 0.3) is 0 Å². The van der Waals surface area contributed by atoms with Gasteiger partial charge in [-0.25, -0.2) is 0 Å². The Kier molecular flexibility index (Phi) is 7.06. The third kappa shape index (κ3) is 5.01. The summed E-state index contributed by atoms with van der Waals surface area (Å²) in [4.78, 5) is 0. The minimum absolute atomic E-state index is 0.453. The maximum atomic E-state index is 2.37. The van der Waals surface area contributed by atoms with Gasteiger partial charge in [0.1, 0.15) is 0 Å². The van der Waals surface area contributed by atoms with Crippen molar-refractivity contribution in [3.8, 4) is 0 Å². The quantitative estimate of drug-likeness (QED) is 0.580. The molecule has 1 radical (unpaired) electrons. The van der Waals surface area contributed by atoms with Gasteiger partial charge in [0.05, 0.1) is 0 Å². The second kappa shape index (κ2) is 6.66. The van der Waals surface area contributed by atoms with Crippen molar-refractivity contribution in [2.75, 3.05) is 0 Å². The van der Waals surface area contributed by atoms with E-state index in [9.17, 15) is 0 Å². The van der Waals surface area contributed by atoms with Gasteiger partial charge in [0.15, 0.2) is 0 Å². The van der Waals surface area contributed by atoms with Gasteiger partial charge in [0.2, 0.25) is 0 Å². The van der Waals surface area contributed by atoms with Crippen LogP contribution in [0.25, 0.3) is 0 Å². The molecule has 0 aliphatic carbocycles. The first-order valence-electron chi connectivity index (χ1n) is 4.18. The Morgan fingerprint density at radius 1 is 1.00 bits per heavy atom. The molecule has 1 heteroatoms. The fourth-order valence-electron chi connectivity index (χ4n) is 1.03. The molecule has 0 amide bonds. The second-order valence-electron chi connectivity index (χ2n) is 2.56. The first-order chi connectivity index (χ1) is 4.35. The zero-order valence-corrected chi connectivity index (χ0v) is 9.13. The Bertz CT molecular complexity index is 48.5. The molecule has 0 nitrogen and oxygen atoms in total. The summed E-state index contributed by atoms with van der Waals surface area (Å²) in [5.74, 6) is 0. The van der Waals surface area contributed by atoms with Gasteiger partial charge >= 0.3 is 63.7 Å². The van der Waals surface area contributed by atoms with Crippen LogP contribution in [0.2, 0.25) is 15.8 Å². The molecule has 9 heavy (non-hydrogen) atoms. The molecule has 0 heterocycles. The van der Waals surface area contributed by atoms with Gasteiger partial charge in [-0.2, -0.15) is 0 Å². The Morgan fingerprint density at radius 2 is 1.56 bits per heavy atom. The first kappa shape index (κ1) is 9.54. The molecule has 55 valence electrons. The molecule has 0 unspecified atom stereocenters. The van der Waals surface area contributed by atoms with E-state index in [4.69, 9.17) is 0 Å². The van der Waals surface area contributed by atoms with Crippen molar-refractivity contribution in [1.29, 1.82) is 0 Å². The summed E-state index contributed by atoms with van der Waals surface area (Å²) in [6.07, 6.45) is 2.90. The van der Waals surface area contributed by atoms with E-state index in [1.54, 1.807) is 5.25 Å². The van der Waals surface area contributed by atoms with Crippen molar-refractivity contribution in [1.82, 2.24) is 0 Å². The molecule has 0 aromatic carbocycles. The van der Waals surface area contributed by atoms with Crippen molar-refractivity contribution in [3.05, 3.63) is 0 Å². The van der Waals surface area contributed by atoms with Crippen molar-refractivity contribution in [2.24, 2.45) is 0 Å². The molecule has 0 N–H and O–H groups in total. The molecule has 0 atom stereocenters. The fraction of sp³-hybridized carbons (Fsp3) is 1.00. The number of hydrogen-bond donors (Lipinski definition) is 0. The second-order valence-corrected chi connectivity index (χ2v) is 9.72. The zero-order chi connectivity index (χ0) is 7.11. The third-order valence-electron chi connectivity index (χ3n) is 1.88. The summed E-state index contributed by atoms with van der Waals surface area (Å²) >= 11 is -0.453. The predicted octanol–water partition coefficient (Wildman–Crippen LogP) is 3.32. The molecule has 0 aromatic heterocycles. The van der Waals surface area contributed by atoms with Gasteiger partial charge in [-0.15, -0.1) is 0 Å². The SMILES string of the molecule is CCC[CH2][Ge]([CH2]C)[CH2]C. The van der Waals surface area contributed by atoms with Gasteiger partial charge < -0.3 is 0 Å². The van der Waals surface area contributed by atoms with Crippen LogP contribution in [0.5, 0.6) is 0 Å². The van der Waals surface area contributed by atoms with Gasteiger partial charge in [0, 0.05) is 0 Å². The Hall–Kier alpha value is 0.543. The number of hydrogen-bond acceptors (Lipinski definition) is 0. The van der Waals surface area contributed by atoms with E-state index in [2.05, 4.69) is 20.8 Å². The van der Waals surface area contributed by atoms with Crippen LogP contribution in [0.1, 0.15) is 33.6 Å². The summed E-state index contributed by atoms with van der Waals surface area (Å²) in [6.45, 7) is 7.03. The van der Waals surface area contributed by atoms with Gasteiger partial charge in [-0.1, -0.05) is 0 Å². The van der Waals surface area contributed by atoms with Crippen LogP contribution in [0.4, 0.5) is 0 Å². The molecular weight excluding hydrogens is 169 g/mol. The van der Waals surface area contributed by atoms with Crippen LogP contribution in [0.3, 0.4) is 0 Å². The van der Waals surface area contributed by atoms with E-state index >= 15 is 0 Å². The molecule has 0 rings (SSSR count). The van der Waals surface area contributed by atoms with Crippen molar-refractivity contribution in [3.63, 3.8) is 0 Å². The van der Waals surface area contributed by atoms with Crippen molar-refractivity contribution >= 4 is 14.3 Å². The van der Waals surface area contributed by atoms with E-state index in [1.807, 2.05) is 0 Å². The van der Waals surface area contributed by atoms with Crippen LogP contribution in [-0.2, 0) is 0 Å². The van der Waals surface area contributed by atoms with Gasteiger partial charge in [-0.05, 0) is 0 Å². The summed E-state index contributed by atoms with van der Waals surface area (Å²) in [5, 5.41) is 4.69. The molecule has 0 aliphatic rings. The van der Waals surface area contributed by atoms with Crippen LogP contribution in [0, 0.1) is 0 Å². The molecule has 0 fully saturated rings. The average Bonchev–Trinajstić information content (AvgIpc) is 1.91. The van der Waals surface area contributed by atoms with Crippen LogP contribution < -0.4 is 0 Å². The summed E-state index contributed by atoms with van der Waals surface area (Å²) in [7, 11) is 0. The molecule has 0 spiro atoms. The number of rotatable bonds is 5. The van der Waals surface area contributed by atoms with Crippen LogP contribution in [-0.4, -0.2) is 14.3 Å². The topological polar surface area (TPSA) is 0 Å². The Morgan fingerprint density at radius 3 is 1.89 bits per heavy atom. The van der Waals surface area contributed by atoms with E-state index < -0.39 is 14.3 Å². The van der Waals surface area contributed by atoms with Crippen molar-refractivity contribution < 1.29 is 0 Å². The molecular formula is C8H19Ge. The summed E-state index contributed by atoms with van der Waals surface area (Å²) in [6, 6.07) is 0. The van der Waals surface area contributed by atoms with Crippen LogP contribution in [0.15, 0.2) is 0 Å². The normalized spacial score (nSPS) is 10.7. The predicted molar refractivity (Wildman–Crippen MR) is 46.4 cm³/mol. The van der Waals surface area contributed by atoms with E-state index in [0.717, 1.165) is 0 Å². The molecule has 0 bridgehead atoms. The molecule has 0 aromatic rings. The summed E-state index contributed by atoms with van der Waals surface area (Å²) in [5.41, 5.74) is 0. The molecule has 0 saturated heterocycles. The minimum atomic E-state index is -0.453.